The van der Waals surface area contributed by atoms with E-state index in [9.17, 15) is 4.39 Å². The second kappa shape index (κ2) is 5.69. The fourth-order valence-corrected chi connectivity index (χ4v) is 2.28. The molecular weight excluding hydrogens is 243 g/mol. The van der Waals surface area contributed by atoms with Crippen LogP contribution in [0.3, 0.4) is 0 Å². The molecule has 0 saturated heterocycles. The Morgan fingerprint density at radius 3 is 2.76 bits per heavy atom. The summed E-state index contributed by atoms with van der Waals surface area (Å²) < 4.78 is 24.3. The van der Waals surface area contributed by atoms with Crippen LogP contribution in [0.5, 0.6) is 5.75 Å². The Hall–Kier alpha value is -0.800. The maximum Gasteiger partial charge on any atom is 0.145 e. The standard InChI is InChI=1S/C13H16ClFO2/c1-16-9-3-2-4-10(7-9)17-11-5-6-12(14)13(15)8-11/h5-6,8-10H,2-4,7H2,1H3. The van der Waals surface area contributed by atoms with Gasteiger partial charge in [-0.05, 0) is 31.4 Å². The van der Waals surface area contributed by atoms with Crippen molar-refractivity contribution in [3.05, 3.63) is 29.0 Å². The summed E-state index contributed by atoms with van der Waals surface area (Å²) in [4.78, 5) is 0. The normalized spacial score (nSPS) is 24.6. The third kappa shape index (κ3) is 3.33. The number of hydrogen-bond acceptors (Lipinski definition) is 2. The molecule has 0 aliphatic heterocycles. The predicted molar refractivity (Wildman–Crippen MR) is 65.1 cm³/mol. The van der Waals surface area contributed by atoms with Crippen LogP contribution in [-0.4, -0.2) is 19.3 Å². The van der Waals surface area contributed by atoms with Gasteiger partial charge in [0.15, 0.2) is 0 Å². The molecule has 0 bridgehead atoms. The fourth-order valence-electron chi connectivity index (χ4n) is 2.17. The van der Waals surface area contributed by atoms with Gasteiger partial charge in [-0.2, -0.15) is 0 Å². The molecule has 2 rings (SSSR count). The summed E-state index contributed by atoms with van der Waals surface area (Å²) in [5, 5.41) is 0.121. The monoisotopic (exact) mass is 258 g/mol. The molecule has 94 valence electrons. The van der Waals surface area contributed by atoms with Crippen molar-refractivity contribution in [1.82, 2.24) is 0 Å². The van der Waals surface area contributed by atoms with E-state index in [0.29, 0.717) is 5.75 Å². The Morgan fingerprint density at radius 1 is 1.29 bits per heavy atom. The lowest BCUT2D eigenvalue weighted by Crippen LogP contribution is -2.29. The zero-order chi connectivity index (χ0) is 12.3. The van der Waals surface area contributed by atoms with Crippen LogP contribution in [0.25, 0.3) is 0 Å². The molecule has 1 aliphatic carbocycles. The van der Waals surface area contributed by atoms with Crippen molar-refractivity contribution in [1.29, 1.82) is 0 Å². The van der Waals surface area contributed by atoms with E-state index in [1.54, 1.807) is 13.2 Å². The van der Waals surface area contributed by atoms with Gasteiger partial charge in [0.1, 0.15) is 17.7 Å². The van der Waals surface area contributed by atoms with Gasteiger partial charge in [-0.3, -0.25) is 0 Å². The summed E-state index contributed by atoms with van der Waals surface area (Å²) >= 11 is 5.62. The summed E-state index contributed by atoms with van der Waals surface area (Å²) in [7, 11) is 1.72. The second-order valence-corrected chi connectivity index (χ2v) is 4.75. The minimum atomic E-state index is -0.441. The molecule has 0 amide bonds. The Morgan fingerprint density at radius 2 is 2.06 bits per heavy atom. The molecule has 4 heteroatoms. The van der Waals surface area contributed by atoms with Crippen LogP contribution in [0.15, 0.2) is 18.2 Å². The maximum atomic E-state index is 13.2. The van der Waals surface area contributed by atoms with Crippen molar-refractivity contribution in [2.45, 2.75) is 37.9 Å². The molecule has 1 aromatic carbocycles. The van der Waals surface area contributed by atoms with E-state index in [1.807, 2.05) is 0 Å². The van der Waals surface area contributed by atoms with Crippen LogP contribution in [0.2, 0.25) is 5.02 Å². The van der Waals surface area contributed by atoms with Crippen LogP contribution < -0.4 is 4.74 Å². The zero-order valence-electron chi connectivity index (χ0n) is 9.79. The zero-order valence-corrected chi connectivity index (χ0v) is 10.5. The molecule has 2 atom stereocenters. The van der Waals surface area contributed by atoms with Crippen molar-refractivity contribution < 1.29 is 13.9 Å². The lowest BCUT2D eigenvalue weighted by molar-refractivity contribution is 0.0209. The third-order valence-electron chi connectivity index (χ3n) is 3.11. The molecule has 0 N–H and O–H groups in total. The molecule has 0 radical (unpaired) electrons. The summed E-state index contributed by atoms with van der Waals surface area (Å²) in [6, 6.07) is 4.55. The average Bonchev–Trinajstić information content (AvgIpc) is 2.34. The van der Waals surface area contributed by atoms with Crippen LogP contribution in [0.1, 0.15) is 25.7 Å². The average molecular weight is 259 g/mol. The van der Waals surface area contributed by atoms with E-state index in [2.05, 4.69) is 0 Å². The molecule has 1 saturated carbocycles. The first kappa shape index (κ1) is 12.7. The van der Waals surface area contributed by atoms with Crippen LogP contribution >= 0.6 is 11.6 Å². The van der Waals surface area contributed by atoms with Crippen molar-refractivity contribution in [2.24, 2.45) is 0 Å². The molecule has 1 aliphatic rings. The van der Waals surface area contributed by atoms with E-state index in [1.165, 1.54) is 12.1 Å². The van der Waals surface area contributed by atoms with Crippen molar-refractivity contribution in [3.63, 3.8) is 0 Å². The first-order valence-corrected chi connectivity index (χ1v) is 6.21. The summed E-state index contributed by atoms with van der Waals surface area (Å²) in [5.41, 5.74) is 0. The first-order chi connectivity index (χ1) is 8.19. The van der Waals surface area contributed by atoms with Gasteiger partial charge in [-0.15, -0.1) is 0 Å². The molecule has 1 aromatic rings. The molecule has 0 aromatic heterocycles. The van der Waals surface area contributed by atoms with Gasteiger partial charge in [0.25, 0.3) is 0 Å². The lowest BCUT2D eigenvalue weighted by Gasteiger charge is -2.28. The SMILES string of the molecule is COC1CCCC(Oc2ccc(Cl)c(F)c2)C1. The van der Waals surface area contributed by atoms with Gasteiger partial charge >= 0.3 is 0 Å². The van der Waals surface area contributed by atoms with E-state index >= 15 is 0 Å². The van der Waals surface area contributed by atoms with E-state index in [4.69, 9.17) is 21.1 Å². The van der Waals surface area contributed by atoms with Crippen LogP contribution in [0, 0.1) is 5.82 Å². The van der Waals surface area contributed by atoms with Gasteiger partial charge < -0.3 is 9.47 Å². The summed E-state index contributed by atoms with van der Waals surface area (Å²) in [5.74, 6) is 0.0944. The summed E-state index contributed by atoms with van der Waals surface area (Å²) in [6.07, 6.45) is 4.37. The Bertz CT molecular complexity index is 384. The Labute approximate surface area is 106 Å². The van der Waals surface area contributed by atoms with Crippen LogP contribution in [-0.2, 0) is 4.74 Å². The highest BCUT2D eigenvalue weighted by atomic mass is 35.5. The highest BCUT2D eigenvalue weighted by molar-refractivity contribution is 6.30. The summed E-state index contributed by atoms with van der Waals surface area (Å²) in [6.45, 7) is 0. The van der Waals surface area contributed by atoms with Gasteiger partial charge in [-0.25, -0.2) is 4.39 Å². The lowest BCUT2D eigenvalue weighted by atomic mass is 9.95. The van der Waals surface area contributed by atoms with E-state index < -0.39 is 5.82 Å². The number of rotatable bonds is 3. The molecule has 2 nitrogen and oxygen atoms in total. The molecular formula is C13H16ClFO2. The smallest absolute Gasteiger partial charge is 0.145 e. The van der Waals surface area contributed by atoms with Gasteiger partial charge in [0.05, 0.1) is 11.1 Å². The number of ether oxygens (including phenoxy) is 2. The minimum absolute atomic E-state index is 0.106. The molecule has 0 spiro atoms. The molecule has 0 heterocycles. The first-order valence-electron chi connectivity index (χ1n) is 5.83. The third-order valence-corrected chi connectivity index (χ3v) is 3.41. The highest BCUT2D eigenvalue weighted by Crippen LogP contribution is 2.27. The van der Waals surface area contributed by atoms with Crippen molar-refractivity contribution in [3.8, 4) is 5.75 Å². The van der Waals surface area contributed by atoms with Gasteiger partial charge in [0.2, 0.25) is 0 Å². The van der Waals surface area contributed by atoms with E-state index in [-0.39, 0.29) is 17.2 Å². The minimum Gasteiger partial charge on any atom is -0.490 e. The quantitative estimate of drug-likeness (QED) is 0.821. The Kier molecular flexibility index (Phi) is 4.24. The largest absolute Gasteiger partial charge is 0.490 e. The number of hydrogen-bond donors (Lipinski definition) is 0. The topological polar surface area (TPSA) is 18.5 Å². The predicted octanol–water partition coefficient (Wildman–Crippen LogP) is 3.82. The van der Waals surface area contributed by atoms with Gasteiger partial charge in [-0.1, -0.05) is 11.6 Å². The highest BCUT2D eigenvalue weighted by Gasteiger charge is 2.23. The molecule has 2 unspecified atom stereocenters. The van der Waals surface area contributed by atoms with Crippen molar-refractivity contribution >= 4 is 11.6 Å². The fraction of sp³-hybridized carbons (Fsp3) is 0.538. The van der Waals surface area contributed by atoms with Gasteiger partial charge in [0, 0.05) is 19.6 Å². The maximum absolute atomic E-state index is 13.2. The molecule has 17 heavy (non-hydrogen) atoms. The Balaban J connectivity index is 1.97. The van der Waals surface area contributed by atoms with Crippen molar-refractivity contribution in [2.75, 3.05) is 7.11 Å². The number of halogens is 2. The second-order valence-electron chi connectivity index (χ2n) is 4.34. The van der Waals surface area contributed by atoms with Crippen LogP contribution in [0.4, 0.5) is 4.39 Å². The van der Waals surface area contributed by atoms with E-state index in [0.717, 1.165) is 25.7 Å². The number of benzene rings is 1. The number of methoxy groups -OCH3 is 1. The molecule has 1 fully saturated rings.